The van der Waals surface area contributed by atoms with Gasteiger partial charge in [-0.15, -0.1) is 0 Å². The van der Waals surface area contributed by atoms with Gasteiger partial charge in [-0.2, -0.15) is 0 Å². The van der Waals surface area contributed by atoms with E-state index in [1.54, 1.807) is 39.4 Å². The van der Waals surface area contributed by atoms with Gasteiger partial charge in [-0.3, -0.25) is 14.7 Å². The maximum absolute atomic E-state index is 12.2. The minimum absolute atomic E-state index is 0.101. The van der Waals surface area contributed by atoms with Crippen molar-refractivity contribution in [2.24, 2.45) is 4.99 Å². The van der Waals surface area contributed by atoms with Gasteiger partial charge in [0.2, 0.25) is 0 Å². The summed E-state index contributed by atoms with van der Waals surface area (Å²) in [6.45, 7) is 2.40. The molecule has 7 heteroatoms. The van der Waals surface area contributed by atoms with Gasteiger partial charge in [0.05, 0.1) is 23.6 Å². The average Bonchev–Trinajstić information content (AvgIpc) is 2.78. The van der Waals surface area contributed by atoms with Crippen molar-refractivity contribution in [3.8, 4) is 11.5 Å². The first-order valence-electron chi connectivity index (χ1n) is 6.66. The van der Waals surface area contributed by atoms with Crippen LogP contribution in [-0.4, -0.2) is 43.8 Å². The largest absolute Gasteiger partial charge is 0.493 e. The van der Waals surface area contributed by atoms with Crippen LogP contribution in [0.5, 0.6) is 11.5 Å². The summed E-state index contributed by atoms with van der Waals surface area (Å²) in [4.78, 5) is 18.3. The summed E-state index contributed by atoms with van der Waals surface area (Å²) in [6, 6.07) is 3.45. The lowest BCUT2D eigenvalue weighted by atomic mass is 10.1. The summed E-state index contributed by atoms with van der Waals surface area (Å²) in [5.41, 5.74) is 0.701. The van der Waals surface area contributed by atoms with Crippen molar-refractivity contribution < 1.29 is 14.3 Å². The van der Waals surface area contributed by atoms with E-state index in [1.807, 2.05) is 6.92 Å². The van der Waals surface area contributed by atoms with Gasteiger partial charge in [0.15, 0.2) is 16.7 Å². The van der Waals surface area contributed by atoms with Crippen LogP contribution in [0.15, 0.2) is 22.0 Å². The van der Waals surface area contributed by atoms with Crippen LogP contribution in [0.1, 0.15) is 12.5 Å². The van der Waals surface area contributed by atoms with Crippen LogP contribution in [-0.2, 0) is 4.79 Å². The second-order valence-corrected chi connectivity index (χ2v) is 5.85. The van der Waals surface area contributed by atoms with E-state index < -0.39 is 0 Å². The number of nitrogens with zero attached hydrogens (tertiary/aromatic N) is 2. The lowest BCUT2D eigenvalue weighted by molar-refractivity contribution is -0.121. The molecule has 0 radical (unpaired) electrons. The molecule has 118 valence electrons. The third-order valence-corrected chi connectivity index (χ3v) is 4.54. The number of rotatable bonds is 4. The molecule has 0 bridgehead atoms. The number of amides is 1. The molecule has 1 fully saturated rings. The Labute approximate surface area is 138 Å². The Balaban J connectivity index is 2.43. The molecule has 1 saturated heterocycles. The predicted octanol–water partition coefficient (Wildman–Crippen LogP) is 3.28. The molecule has 0 N–H and O–H groups in total. The second-order valence-electron chi connectivity index (χ2n) is 4.44. The highest BCUT2D eigenvalue weighted by atomic mass is 35.5. The lowest BCUT2D eigenvalue weighted by Crippen LogP contribution is -2.23. The van der Waals surface area contributed by atoms with E-state index in [0.717, 1.165) is 0 Å². The Morgan fingerprint density at radius 1 is 1.41 bits per heavy atom. The van der Waals surface area contributed by atoms with Gasteiger partial charge in [-0.05, 0) is 36.4 Å². The van der Waals surface area contributed by atoms with Crippen LogP contribution in [0.25, 0.3) is 6.08 Å². The van der Waals surface area contributed by atoms with Crippen molar-refractivity contribution in [2.75, 3.05) is 27.8 Å². The molecule has 1 aliphatic heterocycles. The van der Waals surface area contributed by atoms with Crippen molar-refractivity contribution >= 4 is 40.5 Å². The number of hydrogen-bond acceptors (Lipinski definition) is 5. The summed E-state index contributed by atoms with van der Waals surface area (Å²) >= 11 is 7.58. The van der Waals surface area contributed by atoms with Crippen molar-refractivity contribution in [1.29, 1.82) is 0 Å². The first kappa shape index (κ1) is 16.7. The number of thioether (sulfide) groups is 1. The first-order chi connectivity index (χ1) is 10.5. The Kier molecular flexibility index (Phi) is 5.37. The van der Waals surface area contributed by atoms with Crippen LogP contribution in [0.3, 0.4) is 0 Å². The molecule has 1 heterocycles. The number of carbonyl (C=O) groups excluding carboxylic acids is 1. The monoisotopic (exact) mass is 340 g/mol. The Bertz CT molecular complexity index is 658. The van der Waals surface area contributed by atoms with Crippen molar-refractivity contribution in [1.82, 2.24) is 4.90 Å². The Morgan fingerprint density at radius 3 is 2.68 bits per heavy atom. The number of methoxy groups -OCH3 is 1. The standard InChI is InChI=1S/C15H17ClN2O3S/c1-5-21-12-6-9(10(16)8-11(12)20-4)7-13-14(19)18(3)15(17-2)22-13/h6-8H,5H2,1-4H3/b13-7+,17-15?. The van der Waals surface area contributed by atoms with E-state index in [0.29, 0.717) is 38.8 Å². The maximum atomic E-state index is 12.2. The molecule has 2 rings (SSSR count). The zero-order chi connectivity index (χ0) is 16.3. The molecule has 0 unspecified atom stereocenters. The molecule has 1 aromatic rings. The number of likely N-dealkylation sites (N-methyl/N-ethyl adjacent to an activating group) is 1. The van der Waals surface area contributed by atoms with E-state index in [-0.39, 0.29) is 5.91 Å². The topological polar surface area (TPSA) is 51.1 Å². The van der Waals surface area contributed by atoms with Gasteiger partial charge >= 0.3 is 0 Å². The molecule has 1 aliphatic rings. The van der Waals surface area contributed by atoms with E-state index >= 15 is 0 Å². The number of ether oxygens (including phenoxy) is 2. The number of carbonyl (C=O) groups is 1. The summed E-state index contributed by atoms with van der Waals surface area (Å²) in [6.07, 6.45) is 1.74. The molecule has 22 heavy (non-hydrogen) atoms. The zero-order valence-electron chi connectivity index (χ0n) is 12.8. The van der Waals surface area contributed by atoms with E-state index in [1.165, 1.54) is 16.7 Å². The second kappa shape index (κ2) is 7.07. The van der Waals surface area contributed by atoms with Gasteiger partial charge in [0.1, 0.15) is 0 Å². The van der Waals surface area contributed by atoms with Gasteiger partial charge in [-0.25, -0.2) is 0 Å². The number of benzene rings is 1. The van der Waals surface area contributed by atoms with E-state index in [9.17, 15) is 4.79 Å². The summed E-state index contributed by atoms with van der Waals surface area (Å²) < 4.78 is 10.8. The predicted molar refractivity (Wildman–Crippen MR) is 90.9 cm³/mol. The first-order valence-corrected chi connectivity index (χ1v) is 7.86. The third kappa shape index (κ3) is 3.23. The fourth-order valence-electron chi connectivity index (χ4n) is 1.98. The van der Waals surface area contributed by atoms with Crippen LogP contribution in [0, 0.1) is 0 Å². The Morgan fingerprint density at radius 2 is 2.14 bits per heavy atom. The number of aliphatic imine (C=N–C) groups is 1. The molecule has 0 spiro atoms. The minimum Gasteiger partial charge on any atom is -0.493 e. The fraction of sp³-hybridized carbons (Fsp3) is 0.333. The minimum atomic E-state index is -0.101. The van der Waals surface area contributed by atoms with Gasteiger partial charge in [-0.1, -0.05) is 11.6 Å². The molecule has 0 aliphatic carbocycles. The SMILES string of the molecule is CCOc1cc(/C=C2/SC(=NC)N(C)C2=O)c(Cl)cc1OC. The maximum Gasteiger partial charge on any atom is 0.266 e. The molecule has 0 atom stereocenters. The molecule has 0 aromatic heterocycles. The molecule has 1 amide bonds. The summed E-state index contributed by atoms with van der Waals surface area (Å²) in [5, 5.41) is 1.15. The summed E-state index contributed by atoms with van der Waals surface area (Å²) in [7, 11) is 4.91. The normalized spacial score (nSPS) is 18.4. The average molecular weight is 341 g/mol. The van der Waals surface area contributed by atoms with E-state index in [4.69, 9.17) is 21.1 Å². The highest BCUT2D eigenvalue weighted by molar-refractivity contribution is 8.18. The van der Waals surface area contributed by atoms with Gasteiger partial charge < -0.3 is 9.47 Å². The van der Waals surface area contributed by atoms with E-state index in [2.05, 4.69) is 4.99 Å². The molecular weight excluding hydrogens is 324 g/mol. The van der Waals surface area contributed by atoms with Crippen molar-refractivity contribution in [3.63, 3.8) is 0 Å². The van der Waals surface area contributed by atoms with Crippen molar-refractivity contribution in [2.45, 2.75) is 6.92 Å². The molecule has 1 aromatic carbocycles. The van der Waals surface area contributed by atoms with Crippen molar-refractivity contribution in [3.05, 3.63) is 27.6 Å². The highest BCUT2D eigenvalue weighted by Crippen LogP contribution is 2.37. The number of hydrogen-bond donors (Lipinski definition) is 0. The van der Waals surface area contributed by atoms with Gasteiger partial charge in [0.25, 0.3) is 5.91 Å². The number of amidine groups is 1. The quantitative estimate of drug-likeness (QED) is 0.789. The van der Waals surface area contributed by atoms with Crippen LogP contribution < -0.4 is 9.47 Å². The zero-order valence-corrected chi connectivity index (χ0v) is 14.4. The van der Waals surface area contributed by atoms with Crippen LogP contribution in [0.4, 0.5) is 0 Å². The van der Waals surface area contributed by atoms with Crippen LogP contribution >= 0.6 is 23.4 Å². The molecular formula is C15H17ClN2O3S. The third-order valence-electron chi connectivity index (χ3n) is 3.06. The van der Waals surface area contributed by atoms with Crippen LogP contribution in [0.2, 0.25) is 5.02 Å². The molecule has 0 saturated carbocycles. The lowest BCUT2D eigenvalue weighted by Gasteiger charge is -2.11. The Hall–Kier alpha value is -1.66. The smallest absolute Gasteiger partial charge is 0.266 e. The number of halogens is 1. The van der Waals surface area contributed by atoms with Gasteiger partial charge in [0, 0.05) is 20.2 Å². The fourth-order valence-corrected chi connectivity index (χ4v) is 3.11. The highest BCUT2D eigenvalue weighted by Gasteiger charge is 2.30. The molecule has 5 nitrogen and oxygen atoms in total. The summed E-state index contributed by atoms with van der Waals surface area (Å²) in [5.74, 6) is 1.05.